The van der Waals surface area contributed by atoms with Gasteiger partial charge in [0.1, 0.15) is 5.82 Å². The highest BCUT2D eigenvalue weighted by molar-refractivity contribution is 6.36. The van der Waals surface area contributed by atoms with Crippen molar-refractivity contribution in [1.29, 1.82) is 0 Å². The molecule has 1 aromatic heterocycles. The van der Waals surface area contributed by atoms with E-state index < -0.39 is 0 Å². The predicted octanol–water partition coefficient (Wildman–Crippen LogP) is 4.93. The van der Waals surface area contributed by atoms with Crippen LogP contribution in [-0.2, 0) is 16.0 Å². The molecule has 3 N–H and O–H groups in total. The second-order valence-corrected chi connectivity index (χ2v) is 9.07. The average Bonchev–Trinajstić information content (AvgIpc) is 3.32. The second-order valence-electron chi connectivity index (χ2n) is 9.07. The molecule has 7 heteroatoms. The SMILES string of the molecule is CCN(CC)CCNC(=O)Cc1c(C)[nH]c(/C=C2\C(=O)Nc3cccc(-c4cccc(F)c4)c32)c1C. The van der Waals surface area contributed by atoms with Gasteiger partial charge in [0.2, 0.25) is 5.91 Å². The van der Waals surface area contributed by atoms with Crippen LogP contribution in [0.1, 0.15) is 41.9 Å². The Morgan fingerprint density at radius 1 is 1.11 bits per heavy atom. The molecule has 0 aliphatic carbocycles. The van der Waals surface area contributed by atoms with Crippen LogP contribution in [0.25, 0.3) is 22.8 Å². The Hall–Kier alpha value is -3.71. The van der Waals surface area contributed by atoms with E-state index in [1.807, 2.05) is 44.2 Å². The lowest BCUT2D eigenvalue weighted by Gasteiger charge is -2.18. The van der Waals surface area contributed by atoms with Gasteiger partial charge in [-0.1, -0.05) is 38.1 Å². The van der Waals surface area contributed by atoms with E-state index >= 15 is 0 Å². The van der Waals surface area contributed by atoms with Crippen molar-refractivity contribution in [3.63, 3.8) is 0 Å². The lowest BCUT2D eigenvalue weighted by molar-refractivity contribution is -0.120. The molecule has 0 saturated carbocycles. The quantitative estimate of drug-likeness (QED) is 0.374. The predicted molar refractivity (Wildman–Crippen MR) is 143 cm³/mol. The summed E-state index contributed by atoms with van der Waals surface area (Å²) in [5, 5.41) is 5.94. The number of rotatable bonds is 9. The number of nitrogens with zero attached hydrogens (tertiary/aromatic N) is 1. The molecule has 3 aromatic rings. The molecule has 6 nitrogen and oxygen atoms in total. The number of carbonyl (C=O) groups excluding carboxylic acids is 2. The number of aryl methyl sites for hydroxylation is 1. The third-order valence-electron chi connectivity index (χ3n) is 6.86. The van der Waals surface area contributed by atoms with Crippen LogP contribution >= 0.6 is 0 Å². The first kappa shape index (κ1) is 25.4. The Labute approximate surface area is 211 Å². The van der Waals surface area contributed by atoms with Gasteiger partial charge < -0.3 is 20.5 Å². The molecule has 0 atom stereocenters. The topological polar surface area (TPSA) is 77.2 Å². The minimum absolute atomic E-state index is 0.0242. The minimum atomic E-state index is -0.330. The first-order valence-corrected chi connectivity index (χ1v) is 12.4. The number of amides is 2. The first-order chi connectivity index (χ1) is 17.3. The second kappa shape index (κ2) is 10.9. The van der Waals surface area contributed by atoms with Crippen molar-refractivity contribution in [1.82, 2.24) is 15.2 Å². The van der Waals surface area contributed by atoms with Gasteiger partial charge >= 0.3 is 0 Å². The molecule has 0 unspecified atom stereocenters. The van der Waals surface area contributed by atoms with E-state index in [1.165, 1.54) is 12.1 Å². The highest BCUT2D eigenvalue weighted by Gasteiger charge is 2.28. The van der Waals surface area contributed by atoms with Crippen molar-refractivity contribution in [3.05, 3.63) is 76.4 Å². The molecule has 1 aliphatic rings. The van der Waals surface area contributed by atoms with Gasteiger partial charge in [0, 0.05) is 35.7 Å². The van der Waals surface area contributed by atoms with Gasteiger partial charge in [-0.3, -0.25) is 9.59 Å². The Balaban J connectivity index is 1.61. The van der Waals surface area contributed by atoms with Gasteiger partial charge in [0.25, 0.3) is 5.91 Å². The van der Waals surface area contributed by atoms with Crippen molar-refractivity contribution < 1.29 is 14.0 Å². The zero-order valence-electron chi connectivity index (χ0n) is 21.3. The van der Waals surface area contributed by atoms with Crippen LogP contribution in [0.2, 0.25) is 0 Å². The number of H-pyrrole nitrogens is 1. The van der Waals surface area contributed by atoms with Gasteiger partial charge in [-0.25, -0.2) is 4.39 Å². The molecule has 1 aliphatic heterocycles. The maximum Gasteiger partial charge on any atom is 0.256 e. The molecule has 36 heavy (non-hydrogen) atoms. The molecule has 2 amide bonds. The van der Waals surface area contributed by atoms with E-state index in [-0.39, 0.29) is 24.1 Å². The number of hydrogen-bond donors (Lipinski definition) is 3. The Kier molecular flexibility index (Phi) is 7.70. The van der Waals surface area contributed by atoms with Gasteiger partial charge in [-0.2, -0.15) is 0 Å². The summed E-state index contributed by atoms with van der Waals surface area (Å²) in [7, 11) is 0. The molecule has 4 rings (SSSR count). The Morgan fingerprint density at radius 2 is 1.86 bits per heavy atom. The van der Waals surface area contributed by atoms with Gasteiger partial charge in [0.05, 0.1) is 12.0 Å². The molecule has 0 bridgehead atoms. The molecular formula is C29H33FN4O2. The maximum absolute atomic E-state index is 13.9. The highest BCUT2D eigenvalue weighted by Crippen LogP contribution is 2.40. The molecule has 2 heterocycles. The van der Waals surface area contributed by atoms with Crippen LogP contribution in [0.4, 0.5) is 10.1 Å². The Morgan fingerprint density at radius 3 is 2.58 bits per heavy atom. The van der Waals surface area contributed by atoms with Crippen LogP contribution in [-0.4, -0.2) is 47.9 Å². The number of fused-ring (bicyclic) bond motifs is 1. The van der Waals surface area contributed by atoms with E-state index in [4.69, 9.17) is 0 Å². The lowest BCUT2D eigenvalue weighted by Crippen LogP contribution is -2.35. The number of likely N-dealkylation sites (N-methyl/N-ethyl adjacent to an activating group) is 1. The largest absolute Gasteiger partial charge is 0.359 e. The van der Waals surface area contributed by atoms with Crippen molar-refractivity contribution in [3.8, 4) is 11.1 Å². The number of halogens is 1. The summed E-state index contributed by atoms with van der Waals surface area (Å²) in [6.07, 6.45) is 2.10. The summed E-state index contributed by atoms with van der Waals surface area (Å²) in [5.41, 5.74) is 6.98. The zero-order chi connectivity index (χ0) is 25.8. The van der Waals surface area contributed by atoms with Gasteiger partial charge in [-0.15, -0.1) is 0 Å². The van der Waals surface area contributed by atoms with Gasteiger partial charge in [0.15, 0.2) is 0 Å². The molecule has 188 valence electrons. The lowest BCUT2D eigenvalue weighted by atomic mass is 9.94. The van der Waals surface area contributed by atoms with Crippen molar-refractivity contribution in [2.45, 2.75) is 34.1 Å². The summed E-state index contributed by atoms with van der Waals surface area (Å²) in [6.45, 7) is 11.5. The molecular weight excluding hydrogens is 455 g/mol. The van der Waals surface area contributed by atoms with Crippen LogP contribution in [0.5, 0.6) is 0 Å². The normalized spacial score (nSPS) is 13.8. The smallest absolute Gasteiger partial charge is 0.256 e. The molecule has 0 radical (unpaired) electrons. The van der Waals surface area contributed by atoms with Crippen LogP contribution in [0.15, 0.2) is 42.5 Å². The van der Waals surface area contributed by atoms with E-state index in [1.54, 1.807) is 6.07 Å². The number of benzene rings is 2. The number of aromatic nitrogens is 1. The summed E-state index contributed by atoms with van der Waals surface area (Å²) >= 11 is 0. The maximum atomic E-state index is 13.9. The fourth-order valence-electron chi connectivity index (χ4n) is 4.77. The zero-order valence-corrected chi connectivity index (χ0v) is 21.3. The van der Waals surface area contributed by atoms with Crippen LogP contribution in [0, 0.1) is 19.7 Å². The molecule has 2 aromatic carbocycles. The number of nitrogens with one attached hydrogen (secondary N) is 3. The number of hydrogen-bond acceptors (Lipinski definition) is 3. The van der Waals surface area contributed by atoms with Crippen molar-refractivity contribution in [2.24, 2.45) is 0 Å². The molecule has 0 fully saturated rings. The summed E-state index contributed by atoms with van der Waals surface area (Å²) in [4.78, 5) is 31.2. The van der Waals surface area contributed by atoms with E-state index in [0.717, 1.165) is 53.3 Å². The molecule has 0 saturated heterocycles. The van der Waals surface area contributed by atoms with Crippen LogP contribution < -0.4 is 10.6 Å². The summed E-state index contributed by atoms with van der Waals surface area (Å²) in [6, 6.07) is 12.0. The van der Waals surface area contributed by atoms with E-state index in [0.29, 0.717) is 23.4 Å². The minimum Gasteiger partial charge on any atom is -0.359 e. The van der Waals surface area contributed by atoms with E-state index in [2.05, 4.69) is 34.4 Å². The summed E-state index contributed by atoms with van der Waals surface area (Å²) in [5.74, 6) is -0.566. The monoisotopic (exact) mass is 488 g/mol. The first-order valence-electron chi connectivity index (χ1n) is 12.4. The molecule has 0 spiro atoms. The van der Waals surface area contributed by atoms with E-state index in [9.17, 15) is 14.0 Å². The van der Waals surface area contributed by atoms with Crippen molar-refractivity contribution >= 4 is 29.2 Å². The fraction of sp³-hybridized carbons (Fsp3) is 0.310. The standard InChI is InChI=1S/C29H33FN4O2/c1-5-34(6-2)14-13-31-27(35)17-23-18(3)26(32-19(23)4)16-24-28-22(20-9-7-10-21(30)15-20)11-8-12-25(28)33-29(24)36/h7-12,15-16,32H,5-6,13-14,17H2,1-4H3,(H,31,35)(H,33,36)/b24-16-. The number of carbonyl (C=O) groups is 2. The number of anilines is 1. The highest BCUT2D eigenvalue weighted by atomic mass is 19.1. The van der Waals surface area contributed by atoms with Crippen LogP contribution in [0.3, 0.4) is 0 Å². The summed E-state index contributed by atoms with van der Waals surface area (Å²) < 4.78 is 13.9. The fourth-order valence-corrected chi connectivity index (χ4v) is 4.77. The average molecular weight is 489 g/mol. The Bertz CT molecular complexity index is 1320. The third kappa shape index (κ3) is 5.26. The van der Waals surface area contributed by atoms with Gasteiger partial charge in [-0.05, 0) is 73.5 Å². The number of aromatic amines is 1. The van der Waals surface area contributed by atoms with Crippen molar-refractivity contribution in [2.75, 3.05) is 31.5 Å². The third-order valence-corrected chi connectivity index (χ3v) is 6.86.